The summed E-state index contributed by atoms with van der Waals surface area (Å²) in [6, 6.07) is 5.64. The number of likely N-dealkylation sites (tertiary alicyclic amines) is 1. The van der Waals surface area contributed by atoms with Crippen molar-refractivity contribution in [2.75, 3.05) is 30.3 Å². The fourth-order valence-corrected chi connectivity index (χ4v) is 2.88. The molecule has 0 bridgehead atoms. The van der Waals surface area contributed by atoms with E-state index in [0.717, 1.165) is 30.0 Å². The summed E-state index contributed by atoms with van der Waals surface area (Å²) in [4.78, 5) is 25.6. The van der Waals surface area contributed by atoms with Crippen LogP contribution in [-0.2, 0) is 16.0 Å². The summed E-state index contributed by atoms with van der Waals surface area (Å²) in [5.41, 5.74) is 2.67. The highest BCUT2D eigenvalue weighted by Crippen LogP contribution is 2.29. The van der Waals surface area contributed by atoms with E-state index in [4.69, 9.17) is 0 Å². The molecule has 21 heavy (non-hydrogen) atoms. The fourth-order valence-electron chi connectivity index (χ4n) is 2.88. The number of carbonyl (C=O) groups is 2. The maximum atomic E-state index is 12.1. The Bertz CT molecular complexity index is 542. The van der Waals surface area contributed by atoms with Gasteiger partial charge in [0.15, 0.2) is 0 Å². The number of anilines is 2. The van der Waals surface area contributed by atoms with Gasteiger partial charge in [-0.15, -0.1) is 12.4 Å². The van der Waals surface area contributed by atoms with Crippen molar-refractivity contribution in [1.29, 1.82) is 0 Å². The molecule has 114 valence electrons. The molecular formula is C15H20ClN3O2. The predicted molar refractivity (Wildman–Crippen MR) is 84.9 cm³/mol. The Kier molecular flexibility index (Phi) is 5.20. The highest BCUT2D eigenvalue weighted by molar-refractivity contribution is 5.98. The summed E-state index contributed by atoms with van der Waals surface area (Å²) in [6.07, 6.45) is 3.52. The lowest BCUT2D eigenvalue weighted by Gasteiger charge is -2.21. The van der Waals surface area contributed by atoms with E-state index < -0.39 is 0 Å². The van der Waals surface area contributed by atoms with E-state index in [1.54, 1.807) is 0 Å². The maximum Gasteiger partial charge on any atom is 0.238 e. The van der Waals surface area contributed by atoms with E-state index in [9.17, 15) is 9.59 Å². The number of hydrogen-bond acceptors (Lipinski definition) is 3. The molecule has 0 spiro atoms. The molecule has 2 amide bonds. The number of amides is 2. The van der Waals surface area contributed by atoms with Crippen LogP contribution >= 0.6 is 12.4 Å². The molecule has 0 atom stereocenters. The van der Waals surface area contributed by atoms with Crippen LogP contribution in [0.15, 0.2) is 18.2 Å². The summed E-state index contributed by atoms with van der Waals surface area (Å²) in [5, 5.41) is 5.83. The third-order valence-corrected chi connectivity index (χ3v) is 3.89. The fraction of sp³-hybridized carbons (Fsp3) is 0.467. The highest BCUT2D eigenvalue weighted by atomic mass is 35.5. The van der Waals surface area contributed by atoms with Crippen LogP contribution in [0.2, 0.25) is 0 Å². The Morgan fingerprint density at radius 1 is 1.24 bits per heavy atom. The first-order chi connectivity index (χ1) is 9.72. The van der Waals surface area contributed by atoms with Crippen LogP contribution in [0, 0.1) is 0 Å². The summed E-state index contributed by atoms with van der Waals surface area (Å²) in [5.74, 6) is 0.0650. The lowest BCUT2D eigenvalue weighted by Crippen LogP contribution is -2.31. The molecule has 1 aromatic carbocycles. The first-order valence-electron chi connectivity index (χ1n) is 7.16. The largest absolute Gasteiger partial charge is 0.326 e. The van der Waals surface area contributed by atoms with Crippen LogP contribution in [-0.4, -0.2) is 36.3 Å². The van der Waals surface area contributed by atoms with Crippen molar-refractivity contribution in [3.63, 3.8) is 0 Å². The number of halogens is 1. The quantitative estimate of drug-likeness (QED) is 0.898. The molecule has 5 nitrogen and oxygen atoms in total. The molecule has 6 heteroatoms. The second kappa shape index (κ2) is 6.91. The predicted octanol–water partition coefficient (Wildman–Crippen LogP) is 2.03. The third kappa shape index (κ3) is 3.74. The van der Waals surface area contributed by atoms with E-state index in [2.05, 4.69) is 15.5 Å². The van der Waals surface area contributed by atoms with Gasteiger partial charge >= 0.3 is 0 Å². The van der Waals surface area contributed by atoms with Crippen LogP contribution < -0.4 is 10.6 Å². The van der Waals surface area contributed by atoms with E-state index in [0.29, 0.717) is 19.4 Å². The smallest absolute Gasteiger partial charge is 0.238 e. The zero-order chi connectivity index (χ0) is 13.9. The van der Waals surface area contributed by atoms with Crippen LogP contribution in [0.1, 0.15) is 24.8 Å². The SMILES string of the molecule is Cl.O=C1CCc2c(cccc2NC(=O)CN2CCCC2)N1. The number of rotatable bonds is 3. The van der Waals surface area contributed by atoms with Gasteiger partial charge in [0, 0.05) is 17.8 Å². The molecule has 1 aromatic rings. The molecule has 0 aromatic heterocycles. The molecule has 3 rings (SSSR count). The molecule has 1 saturated heterocycles. The number of fused-ring (bicyclic) bond motifs is 1. The second-order valence-corrected chi connectivity index (χ2v) is 5.41. The van der Waals surface area contributed by atoms with Gasteiger partial charge in [-0.3, -0.25) is 14.5 Å². The normalized spacial score (nSPS) is 17.6. The van der Waals surface area contributed by atoms with Crippen molar-refractivity contribution in [2.24, 2.45) is 0 Å². The Hall–Kier alpha value is -1.59. The molecular weight excluding hydrogens is 290 g/mol. The van der Waals surface area contributed by atoms with Crippen molar-refractivity contribution >= 4 is 35.6 Å². The van der Waals surface area contributed by atoms with Gasteiger partial charge in [0.25, 0.3) is 0 Å². The van der Waals surface area contributed by atoms with Crippen molar-refractivity contribution in [3.8, 4) is 0 Å². The Morgan fingerprint density at radius 3 is 2.76 bits per heavy atom. The zero-order valence-corrected chi connectivity index (χ0v) is 12.7. The Labute approximate surface area is 130 Å². The number of nitrogens with zero attached hydrogens (tertiary/aromatic N) is 1. The first-order valence-corrected chi connectivity index (χ1v) is 7.16. The molecule has 0 radical (unpaired) electrons. The van der Waals surface area contributed by atoms with Gasteiger partial charge in [-0.25, -0.2) is 0 Å². The first kappa shape index (κ1) is 15.8. The van der Waals surface area contributed by atoms with E-state index in [-0.39, 0.29) is 24.2 Å². The average Bonchev–Trinajstić information content (AvgIpc) is 2.91. The molecule has 0 saturated carbocycles. The van der Waals surface area contributed by atoms with E-state index in [1.165, 1.54) is 12.8 Å². The van der Waals surface area contributed by atoms with Gasteiger partial charge in [0.2, 0.25) is 11.8 Å². The van der Waals surface area contributed by atoms with Gasteiger partial charge in [-0.05, 0) is 50.0 Å². The second-order valence-electron chi connectivity index (χ2n) is 5.41. The maximum absolute atomic E-state index is 12.1. The van der Waals surface area contributed by atoms with Gasteiger partial charge in [-0.2, -0.15) is 0 Å². The van der Waals surface area contributed by atoms with E-state index >= 15 is 0 Å². The average molecular weight is 310 g/mol. The lowest BCUT2D eigenvalue weighted by molar-refractivity contribution is -0.117. The van der Waals surface area contributed by atoms with Crippen LogP contribution in [0.3, 0.4) is 0 Å². The van der Waals surface area contributed by atoms with Crippen LogP contribution in [0.4, 0.5) is 11.4 Å². The summed E-state index contributed by atoms with van der Waals surface area (Å²) < 4.78 is 0. The summed E-state index contributed by atoms with van der Waals surface area (Å²) in [7, 11) is 0. The van der Waals surface area contributed by atoms with Crippen molar-refractivity contribution in [1.82, 2.24) is 4.90 Å². The van der Waals surface area contributed by atoms with E-state index in [1.807, 2.05) is 18.2 Å². The molecule has 1 fully saturated rings. The molecule has 2 heterocycles. The third-order valence-electron chi connectivity index (χ3n) is 3.89. The van der Waals surface area contributed by atoms with Gasteiger partial charge in [0.1, 0.15) is 0 Å². The minimum atomic E-state index is 0. The number of benzene rings is 1. The number of carbonyl (C=O) groups excluding carboxylic acids is 2. The summed E-state index contributed by atoms with van der Waals surface area (Å²) >= 11 is 0. The minimum absolute atomic E-state index is 0. The van der Waals surface area contributed by atoms with Crippen molar-refractivity contribution in [2.45, 2.75) is 25.7 Å². The Balaban J connectivity index is 0.00000161. The molecule has 0 unspecified atom stereocenters. The standard InChI is InChI=1S/C15H19N3O2.ClH/c19-14-7-6-11-12(16-14)4-3-5-13(11)17-15(20)10-18-8-1-2-9-18;/h3-5H,1-2,6-10H2,(H,16,19)(H,17,20);1H. The van der Waals surface area contributed by atoms with Crippen LogP contribution in [0.25, 0.3) is 0 Å². The minimum Gasteiger partial charge on any atom is -0.326 e. The molecule has 2 aliphatic heterocycles. The topological polar surface area (TPSA) is 61.4 Å². The monoisotopic (exact) mass is 309 g/mol. The van der Waals surface area contributed by atoms with Gasteiger partial charge in [-0.1, -0.05) is 6.07 Å². The van der Waals surface area contributed by atoms with Gasteiger partial charge < -0.3 is 10.6 Å². The van der Waals surface area contributed by atoms with Crippen molar-refractivity contribution in [3.05, 3.63) is 23.8 Å². The molecule has 2 aliphatic rings. The van der Waals surface area contributed by atoms with Gasteiger partial charge in [0.05, 0.1) is 6.54 Å². The zero-order valence-electron chi connectivity index (χ0n) is 11.9. The number of hydrogen-bond donors (Lipinski definition) is 2. The molecule has 2 N–H and O–H groups in total. The summed E-state index contributed by atoms with van der Waals surface area (Å²) in [6.45, 7) is 2.47. The molecule has 0 aliphatic carbocycles. The van der Waals surface area contributed by atoms with Crippen molar-refractivity contribution < 1.29 is 9.59 Å². The highest BCUT2D eigenvalue weighted by Gasteiger charge is 2.20. The Morgan fingerprint density at radius 2 is 2.00 bits per heavy atom. The lowest BCUT2D eigenvalue weighted by atomic mass is 10.0. The number of nitrogens with one attached hydrogen (secondary N) is 2. The van der Waals surface area contributed by atoms with Crippen LogP contribution in [0.5, 0.6) is 0 Å².